The van der Waals surface area contributed by atoms with Gasteiger partial charge in [-0.25, -0.2) is 9.78 Å². The van der Waals surface area contributed by atoms with Crippen molar-refractivity contribution < 1.29 is 4.79 Å². The van der Waals surface area contributed by atoms with Gasteiger partial charge in [0.15, 0.2) is 0 Å². The maximum Gasteiger partial charge on any atom is 0.322 e. The number of nitrogens with one attached hydrogen (secondary N) is 1. The van der Waals surface area contributed by atoms with Gasteiger partial charge in [0.05, 0.1) is 11.9 Å². The van der Waals surface area contributed by atoms with Gasteiger partial charge in [0, 0.05) is 44.8 Å². The maximum atomic E-state index is 12.6. The van der Waals surface area contributed by atoms with Crippen LogP contribution in [0.2, 0.25) is 0 Å². The van der Waals surface area contributed by atoms with E-state index < -0.39 is 0 Å². The first-order valence-electron chi connectivity index (χ1n) is 11.1. The van der Waals surface area contributed by atoms with Gasteiger partial charge in [-0.3, -0.25) is 4.90 Å². The van der Waals surface area contributed by atoms with Gasteiger partial charge < -0.3 is 15.1 Å². The van der Waals surface area contributed by atoms with Crippen LogP contribution in [0.1, 0.15) is 52.4 Å². The summed E-state index contributed by atoms with van der Waals surface area (Å²) in [6.45, 7) is 9.59. The fourth-order valence-corrected chi connectivity index (χ4v) is 5.17. The molecule has 6 heteroatoms. The summed E-state index contributed by atoms with van der Waals surface area (Å²) in [7, 11) is 0. The standard InChI is InChI=1S/C22H35N5O/c1-17(2)20-8-5-11-27(20)22(28)24-18-9-10-21(23-16-18)26-14-12-25(13-15-26)19-6-3-4-7-19/h9-10,16-17,19-20H,3-8,11-15H2,1-2H3,(H,24,28). The Hall–Kier alpha value is -1.82. The number of carbonyl (C=O) groups is 1. The first-order chi connectivity index (χ1) is 13.6. The molecule has 4 rings (SSSR count). The minimum Gasteiger partial charge on any atom is -0.354 e. The van der Waals surface area contributed by atoms with Crippen LogP contribution in [0.3, 0.4) is 0 Å². The van der Waals surface area contributed by atoms with Crippen molar-refractivity contribution in [3.8, 4) is 0 Å². The molecular weight excluding hydrogens is 350 g/mol. The van der Waals surface area contributed by atoms with E-state index in [0.29, 0.717) is 12.0 Å². The van der Waals surface area contributed by atoms with Crippen molar-refractivity contribution in [3.63, 3.8) is 0 Å². The summed E-state index contributed by atoms with van der Waals surface area (Å²) >= 11 is 0. The highest BCUT2D eigenvalue weighted by molar-refractivity contribution is 5.89. The van der Waals surface area contributed by atoms with Crippen LogP contribution in [0.25, 0.3) is 0 Å². The van der Waals surface area contributed by atoms with Gasteiger partial charge in [-0.2, -0.15) is 0 Å². The molecule has 3 aliphatic rings. The molecule has 1 aliphatic carbocycles. The van der Waals surface area contributed by atoms with Crippen molar-refractivity contribution in [3.05, 3.63) is 18.3 Å². The summed E-state index contributed by atoms with van der Waals surface area (Å²) < 4.78 is 0. The Morgan fingerprint density at radius 1 is 1.04 bits per heavy atom. The third-order valence-corrected chi connectivity index (χ3v) is 6.81. The van der Waals surface area contributed by atoms with Crippen molar-refractivity contribution in [2.45, 2.75) is 64.5 Å². The van der Waals surface area contributed by atoms with Crippen LogP contribution in [0.15, 0.2) is 18.3 Å². The van der Waals surface area contributed by atoms with Crippen molar-refractivity contribution in [1.82, 2.24) is 14.8 Å². The number of anilines is 2. The molecule has 0 spiro atoms. The number of aromatic nitrogens is 1. The number of amides is 2. The van der Waals surface area contributed by atoms with Gasteiger partial charge in [0.25, 0.3) is 0 Å². The summed E-state index contributed by atoms with van der Waals surface area (Å²) in [6.07, 6.45) is 9.55. The summed E-state index contributed by atoms with van der Waals surface area (Å²) in [5.74, 6) is 1.52. The van der Waals surface area contributed by atoms with Crippen LogP contribution < -0.4 is 10.2 Å². The van der Waals surface area contributed by atoms with Crippen LogP contribution in [0.4, 0.5) is 16.3 Å². The molecule has 154 valence electrons. The smallest absolute Gasteiger partial charge is 0.322 e. The zero-order valence-corrected chi connectivity index (χ0v) is 17.4. The number of rotatable bonds is 4. The molecule has 28 heavy (non-hydrogen) atoms. The number of piperazine rings is 1. The zero-order valence-electron chi connectivity index (χ0n) is 17.4. The zero-order chi connectivity index (χ0) is 19.5. The minimum absolute atomic E-state index is 0.0101. The molecule has 3 fully saturated rings. The Kier molecular flexibility index (Phi) is 6.04. The van der Waals surface area contributed by atoms with Gasteiger partial charge in [-0.15, -0.1) is 0 Å². The van der Waals surface area contributed by atoms with Gasteiger partial charge >= 0.3 is 6.03 Å². The molecule has 2 amide bonds. The Morgan fingerprint density at radius 3 is 2.43 bits per heavy atom. The monoisotopic (exact) mass is 385 g/mol. The summed E-state index contributed by atoms with van der Waals surface area (Å²) in [5, 5.41) is 3.04. The first kappa shape index (κ1) is 19.5. The Labute approximate surface area is 169 Å². The summed E-state index contributed by atoms with van der Waals surface area (Å²) in [5.41, 5.74) is 0.785. The van der Waals surface area contributed by atoms with Crippen molar-refractivity contribution in [1.29, 1.82) is 0 Å². The summed E-state index contributed by atoms with van der Waals surface area (Å²) in [4.78, 5) is 24.3. The number of urea groups is 1. The molecule has 1 unspecified atom stereocenters. The molecule has 1 N–H and O–H groups in total. The average Bonchev–Trinajstić information content (AvgIpc) is 3.41. The van der Waals surface area contributed by atoms with E-state index >= 15 is 0 Å². The lowest BCUT2D eigenvalue weighted by molar-refractivity contribution is 0.187. The van der Waals surface area contributed by atoms with Crippen LogP contribution >= 0.6 is 0 Å². The number of likely N-dealkylation sites (tertiary alicyclic amines) is 1. The molecule has 2 saturated heterocycles. The Morgan fingerprint density at radius 2 is 1.79 bits per heavy atom. The van der Waals surface area contributed by atoms with E-state index in [1.54, 1.807) is 6.20 Å². The SMILES string of the molecule is CC(C)C1CCCN1C(=O)Nc1ccc(N2CCN(C3CCCC3)CC2)nc1. The second-order valence-electron chi connectivity index (χ2n) is 8.94. The molecule has 1 aromatic rings. The van der Waals surface area contributed by atoms with E-state index in [9.17, 15) is 4.79 Å². The molecule has 3 heterocycles. The van der Waals surface area contributed by atoms with E-state index in [1.165, 1.54) is 25.7 Å². The van der Waals surface area contributed by atoms with E-state index in [0.717, 1.165) is 63.1 Å². The number of carbonyl (C=O) groups excluding carboxylic acids is 1. The van der Waals surface area contributed by atoms with Crippen molar-refractivity contribution in [2.24, 2.45) is 5.92 Å². The molecule has 1 aromatic heterocycles. The molecule has 6 nitrogen and oxygen atoms in total. The normalized spacial score (nSPS) is 24.3. The molecule has 0 radical (unpaired) electrons. The highest BCUT2D eigenvalue weighted by Gasteiger charge is 2.31. The molecule has 2 aliphatic heterocycles. The maximum absolute atomic E-state index is 12.6. The predicted octanol–water partition coefficient (Wildman–Crippen LogP) is 3.80. The van der Waals surface area contributed by atoms with Crippen LogP contribution in [-0.2, 0) is 0 Å². The lowest BCUT2D eigenvalue weighted by atomic mass is 10.0. The van der Waals surface area contributed by atoms with E-state index in [-0.39, 0.29) is 6.03 Å². The molecule has 1 saturated carbocycles. The van der Waals surface area contributed by atoms with Crippen LogP contribution in [-0.4, -0.2) is 65.6 Å². The van der Waals surface area contributed by atoms with E-state index in [1.807, 2.05) is 17.0 Å². The van der Waals surface area contributed by atoms with Gasteiger partial charge in [0.2, 0.25) is 0 Å². The third kappa shape index (κ3) is 4.27. The topological polar surface area (TPSA) is 51.7 Å². The molecule has 0 bridgehead atoms. The first-order valence-corrected chi connectivity index (χ1v) is 11.1. The number of nitrogens with zero attached hydrogens (tertiary/aromatic N) is 4. The minimum atomic E-state index is 0.0101. The highest BCUT2D eigenvalue weighted by Crippen LogP contribution is 2.26. The number of hydrogen-bond donors (Lipinski definition) is 1. The second kappa shape index (κ2) is 8.68. The molecule has 0 aromatic carbocycles. The Balaban J connectivity index is 1.30. The van der Waals surface area contributed by atoms with Crippen LogP contribution in [0, 0.1) is 5.92 Å². The third-order valence-electron chi connectivity index (χ3n) is 6.81. The van der Waals surface area contributed by atoms with Crippen molar-refractivity contribution >= 4 is 17.5 Å². The largest absolute Gasteiger partial charge is 0.354 e. The lowest BCUT2D eigenvalue weighted by Crippen LogP contribution is -2.50. The Bertz CT molecular complexity index is 647. The highest BCUT2D eigenvalue weighted by atomic mass is 16.2. The second-order valence-corrected chi connectivity index (χ2v) is 8.94. The van der Waals surface area contributed by atoms with Gasteiger partial charge in [-0.05, 0) is 43.7 Å². The molecule has 1 atom stereocenters. The van der Waals surface area contributed by atoms with Gasteiger partial charge in [0.1, 0.15) is 5.82 Å². The molecular formula is C22H35N5O. The quantitative estimate of drug-likeness (QED) is 0.857. The number of hydrogen-bond acceptors (Lipinski definition) is 4. The number of pyridine rings is 1. The fourth-order valence-electron chi connectivity index (χ4n) is 5.17. The van der Waals surface area contributed by atoms with Crippen molar-refractivity contribution in [2.75, 3.05) is 42.9 Å². The predicted molar refractivity (Wildman–Crippen MR) is 114 cm³/mol. The fraction of sp³-hybridized carbons (Fsp3) is 0.727. The summed E-state index contributed by atoms with van der Waals surface area (Å²) in [6, 6.07) is 5.21. The van der Waals surface area contributed by atoms with Gasteiger partial charge in [-0.1, -0.05) is 26.7 Å². The van der Waals surface area contributed by atoms with E-state index in [4.69, 9.17) is 0 Å². The van der Waals surface area contributed by atoms with Crippen LogP contribution in [0.5, 0.6) is 0 Å². The lowest BCUT2D eigenvalue weighted by Gasteiger charge is -2.38. The average molecular weight is 386 g/mol. The van der Waals surface area contributed by atoms with E-state index in [2.05, 4.69) is 33.9 Å².